The molecule has 0 aliphatic heterocycles. The van der Waals surface area contributed by atoms with Crippen molar-refractivity contribution in [1.29, 1.82) is 0 Å². The Morgan fingerprint density at radius 2 is 1.60 bits per heavy atom. The smallest absolute Gasteiger partial charge is 0.311 e. The first-order valence-corrected chi connectivity index (χ1v) is 6.66. The van der Waals surface area contributed by atoms with Crippen molar-refractivity contribution in [1.82, 2.24) is 0 Å². The van der Waals surface area contributed by atoms with E-state index in [1.807, 2.05) is 24.3 Å². The van der Waals surface area contributed by atoms with Gasteiger partial charge in [0.05, 0.1) is 5.92 Å². The Balaban J connectivity index is 2.22. The molecule has 0 amide bonds. The van der Waals surface area contributed by atoms with Crippen molar-refractivity contribution in [2.24, 2.45) is 0 Å². The maximum atomic E-state index is 12.9. The predicted molar refractivity (Wildman–Crippen MR) is 76.3 cm³/mol. The lowest BCUT2D eigenvalue weighted by Gasteiger charge is -2.13. The van der Waals surface area contributed by atoms with Crippen molar-refractivity contribution >= 4 is 5.97 Å². The van der Waals surface area contributed by atoms with Crippen LogP contribution in [-0.2, 0) is 17.6 Å². The molecule has 0 spiro atoms. The van der Waals surface area contributed by atoms with Crippen LogP contribution in [0.3, 0.4) is 0 Å². The van der Waals surface area contributed by atoms with Gasteiger partial charge in [-0.15, -0.1) is 0 Å². The van der Waals surface area contributed by atoms with Gasteiger partial charge in [-0.3, -0.25) is 4.79 Å². The number of aryl methyl sites for hydroxylation is 1. The van der Waals surface area contributed by atoms with E-state index in [0.29, 0.717) is 6.42 Å². The number of rotatable bonds is 5. The van der Waals surface area contributed by atoms with Crippen LogP contribution in [0, 0.1) is 5.82 Å². The third kappa shape index (κ3) is 3.44. The molecule has 0 saturated heterocycles. The molecule has 3 heteroatoms. The van der Waals surface area contributed by atoms with Gasteiger partial charge in [0.15, 0.2) is 0 Å². The van der Waals surface area contributed by atoms with Gasteiger partial charge in [0, 0.05) is 0 Å². The average Bonchev–Trinajstić information content (AvgIpc) is 2.46. The number of carboxylic acid groups (broad SMARTS) is 1. The Morgan fingerprint density at radius 1 is 1.05 bits per heavy atom. The molecule has 0 aliphatic rings. The zero-order valence-corrected chi connectivity index (χ0v) is 11.3. The van der Waals surface area contributed by atoms with Gasteiger partial charge in [0.2, 0.25) is 0 Å². The van der Waals surface area contributed by atoms with E-state index in [4.69, 9.17) is 0 Å². The number of carbonyl (C=O) groups is 1. The van der Waals surface area contributed by atoms with Crippen molar-refractivity contribution < 1.29 is 14.3 Å². The summed E-state index contributed by atoms with van der Waals surface area (Å²) in [6.45, 7) is 2.06. The van der Waals surface area contributed by atoms with E-state index in [-0.39, 0.29) is 5.82 Å². The summed E-state index contributed by atoms with van der Waals surface area (Å²) in [6, 6.07) is 13.6. The zero-order chi connectivity index (χ0) is 14.5. The summed E-state index contributed by atoms with van der Waals surface area (Å²) < 4.78 is 12.9. The Bertz CT molecular complexity index is 573. The number of benzene rings is 2. The van der Waals surface area contributed by atoms with Crippen LogP contribution in [0.2, 0.25) is 0 Å². The van der Waals surface area contributed by atoms with Gasteiger partial charge >= 0.3 is 5.97 Å². The summed E-state index contributed by atoms with van der Waals surface area (Å²) in [5, 5.41) is 9.40. The molecular weight excluding hydrogens is 255 g/mol. The molecule has 1 unspecified atom stereocenters. The third-order valence-electron chi connectivity index (χ3n) is 3.44. The highest BCUT2D eigenvalue weighted by Crippen LogP contribution is 2.22. The van der Waals surface area contributed by atoms with Crippen LogP contribution >= 0.6 is 0 Å². The molecule has 0 heterocycles. The molecule has 2 nitrogen and oxygen atoms in total. The second-order valence-corrected chi connectivity index (χ2v) is 4.82. The quantitative estimate of drug-likeness (QED) is 0.899. The van der Waals surface area contributed by atoms with Crippen LogP contribution in [0.15, 0.2) is 48.5 Å². The summed E-state index contributed by atoms with van der Waals surface area (Å²) in [7, 11) is 0. The van der Waals surface area contributed by atoms with Gasteiger partial charge in [-0.05, 0) is 41.7 Å². The fourth-order valence-electron chi connectivity index (χ4n) is 2.19. The number of halogens is 1. The lowest BCUT2D eigenvalue weighted by molar-refractivity contribution is -0.138. The number of aliphatic carboxylic acids is 1. The first kappa shape index (κ1) is 14.3. The number of hydrogen-bond acceptors (Lipinski definition) is 1. The molecule has 0 bridgehead atoms. The monoisotopic (exact) mass is 272 g/mol. The Morgan fingerprint density at radius 3 is 2.10 bits per heavy atom. The van der Waals surface area contributed by atoms with Crippen LogP contribution in [0.1, 0.15) is 29.5 Å². The Kier molecular flexibility index (Phi) is 4.51. The van der Waals surface area contributed by atoms with E-state index in [1.165, 1.54) is 17.7 Å². The van der Waals surface area contributed by atoms with Crippen LogP contribution < -0.4 is 0 Å². The highest BCUT2D eigenvalue weighted by molar-refractivity contribution is 5.76. The van der Waals surface area contributed by atoms with E-state index >= 15 is 0 Å². The molecule has 0 saturated carbocycles. The summed E-state index contributed by atoms with van der Waals surface area (Å²) in [5.41, 5.74) is 2.78. The minimum Gasteiger partial charge on any atom is -0.481 e. The maximum Gasteiger partial charge on any atom is 0.311 e. The van der Waals surface area contributed by atoms with E-state index < -0.39 is 11.9 Å². The molecule has 0 fully saturated rings. The topological polar surface area (TPSA) is 37.3 Å². The lowest BCUT2D eigenvalue weighted by Crippen LogP contribution is -2.14. The first-order valence-electron chi connectivity index (χ1n) is 6.66. The molecule has 0 aliphatic carbocycles. The fourth-order valence-corrected chi connectivity index (χ4v) is 2.19. The summed E-state index contributed by atoms with van der Waals surface area (Å²) in [6.07, 6.45) is 1.29. The second-order valence-electron chi connectivity index (χ2n) is 4.82. The molecule has 0 radical (unpaired) electrons. The van der Waals surface area contributed by atoms with Crippen molar-refractivity contribution in [2.45, 2.75) is 25.7 Å². The summed E-state index contributed by atoms with van der Waals surface area (Å²) >= 11 is 0. The number of carboxylic acids is 1. The zero-order valence-electron chi connectivity index (χ0n) is 11.3. The van der Waals surface area contributed by atoms with E-state index in [0.717, 1.165) is 17.5 Å². The van der Waals surface area contributed by atoms with Crippen LogP contribution in [0.5, 0.6) is 0 Å². The van der Waals surface area contributed by atoms with Crippen molar-refractivity contribution in [3.05, 3.63) is 71.0 Å². The molecule has 2 aromatic rings. The van der Waals surface area contributed by atoms with E-state index in [9.17, 15) is 14.3 Å². The Hall–Kier alpha value is -2.16. The van der Waals surface area contributed by atoms with Gasteiger partial charge in [-0.2, -0.15) is 0 Å². The second kappa shape index (κ2) is 6.33. The van der Waals surface area contributed by atoms with Crippen molar-refractivity contribution in [3.63, 3.8) is 0 Å². The van der Waals surface area contributed by atoms with Gasteiger partial charge in [-0.25, -0.2) is 4.39 Å². The molecule has 0 aromatic heterocycles. The minimum absolute atomic E-state index is 0.312. The molecule has 1 atom stereocenters. The van der Waals surface area contributed by atoms with Crippen LogP contribution in [-0.4, -0.2) is 11.1 Å². The van der Waals surface area contributed by atoms with Crippen molar-refractivity contribution in [2.75, 3.05) is 0 Å². The van der Waals surface area contributed by atoms with E-state index in [1.54, 1.807) is 12.1 Å². The van der Waals surface area contributed by atoms with Crippen molar-refractivity contribution in [3.8, 4) is 0 Å². The van der Waals surface area contributed by atoms with E-state index in [2.05, 4.69) is 6.92 Å². The normalized spacial score (nSPS) is 12.1. The first-order chi connectivity index (χ1) is 9.60. The average molecular weight is 272 g/mol. The molecule has 2 rings (SSSR count). The van der Waals surface area contributed by atoms with Gasteiger partial charge in [0.1, 0.15) is 5.82 Å². The van der Waals surface area contributed by atoms with Gasteiger partial charge in [0.25, 0.3) is 0 Å². The van der Waals surface area contributed by atoms with Crippen LogP contribution in [0.4, 0.5) is 4.39 Å². The standard InChI is InChI=1S/C17H17FO2/c1-2-12-3-7-14(8-4-12)16(17(19)20)11-13-5-9-15(18)10-6-13/h3-10,16H,2,11H2,1H3,(H,19,20). The van der Waals surface area contributed by atoms with Gasteiger partial charge in [-0.1, -0.05) is 43.3 Å². The number of hydrogen-bond donors (Lipinski definition) is 1. The third-order valence-corrected chi connectivity index (χ3v) is 3.44. The largest absolute Gasteiger partial charge is 0.481 e. The summed E-state index contributed by atoms with van der Waals surface area (Å²) in [5.74, 6) is -1.78. The molecule has 1 N–H and O–H groups in total. The maximum absolute atomic E-state index is 12.9. The fraction of sp³-hybridized carbons (Fsp3) is 0.235. The molecule has 20 heavy (non-hydrogen) atoms. The summed E-state index contributed by atoms with van der Waals surface area (Å²) in [4.78, 5) is 11.5. The molecule has 2 aromatic carbocycles. The predicted octanol–water partition coefficient (Wildman–Crippen LogP) is 3.80. The molecule has 104 valence electrons. The minimum atomic E-state index is -0.862. The lowest BCUT2D eigenvalue weighted by atomic mass is 9.91. The van der Waals surface area contributed by atoms with Gasteiger partial charge < -0.3 is 5.11 Å². The highest BCUT2D eigenvalue weighted by Gasteiger charge is 2.20. The Labute approximate surface area is 117 Å². The SMILES string of the molecule is CCc1ccc(C(Cc2ccc(F)cc2)C(=O)O)cc1. The molecular formula is C17H17FO2. The van der Waals surface area contributed by atoms with Crippen LogP contribution in [0.25, 0.3) is 0 Å². The highest BCUT2D eigenvalue weighted by atomic mass is 19.1.